The molecule has 1 aliphatic carbocycles. The molecule has 1 amide bonds. The van der Waals surface area contributed by atoms with Gasteiger partial charge in [0.05, 0.1) is 24.4 Å². The van der Waals surface area contributed by atoms with Crippen molar-refractivity contribution in [2.24, 2.45) is 5.92 Å². The Morgan fingerprint density at radius 2 is 2.21 bits per heavy atom. The summed E-state index contributed by atoms with van der Waals surface area (Å²) in [6, 6.07) is 4.11. The molecule has 2 aromatic heterocycles. The third-order valence-electron chi connectivity index (χ3n) is 5.84. The molecule has 1 saturated heterocycles. The van der Waals surface area contributed by atoms with Crippen LogP contribution in [0.15, 0.2) is 24.5 Å². The van der Waals surface area contributed by atoms with Crippen LogP contribution in [-0.4, -0.2) is 54.8 Å². The lowest BCUT2D eigenvalue weighted by atomic mass is 10.0. The number of thioether (sulfide) groups is 1. The van der Waals surface area contributed by atoms with Gasteiger partial charge >= 0.3 is 0 Å². The fraction of sp³-hybridized carbons (Fsp3) is 0.600. The molecule has 1 aliphatic heterocycles. The number of carbonyl (C=O) groups is 1. The molecule has 3 heterocycles. The standard InChI is InChI=1S/C20H26ClN5O2S/c21-19-6-4-15(11-22-19)18-2-1-7-25(18)20(28)14-3-5-17(10-14)26-12-16(23-24-26)13-29-9-8-27/h4,6,11-12,14,17-18,27H,1-3,5,7-10,13H2. The van der Waals surface area contributed by atoms with E-state index in [2.05, 4.69) is 15.3 Å². The van der Waals surface area contributed by atoms with Crippen molar-refractivity contribution in [1.29, 1.82) is 0 Å². The highest BCUT2D eigenvalue weighted by Gasteiger charge is 2.38. The van der Waals surface area contributed by atoms with Crippen molar-refractivity contribution in [3.63, 3.8) is 0 Å². The van der Waals surface area contributed by atoms with E-state index in [1.54, 1.807) is 24.0 Å². The number of halogens is 1. The monoisotopic (exact) mass is 435 g/mol. The Bertz CT molecular complexity index is 831. The number of amides is 1. The molecular formula is C20H26ClN5O2S. The average molecular weight is 436 g/mol. The van der Waals surface area contributed by atoms with Gasteiger partial charge in [-0.3, -0.25) is 4.79 Å². The van der Waals surface area contributed by atoms with E-state index in [-0.39, 0.29) is 30.5 Å². The molecule has 3 unspecified atom stereocenters. The summed E-state index contributed by atoms with van der Waals surface area (Å²) in [6.45, 7) is 0.984. The predicted molar refractivity (Wildman–Crippen MR) is 113 cm³/mol. The first-order valence-electron chi connectivity index (χ1n) is 10.2. The minimum absolute atomic E-state index is 0.0391. The molecule has 7 nitrogen and oxygen atoms in total. The van der Waals surface area contributed by atoms with Crippen molar-refractivity contribution in [1.82, 2.24) is 24.9 Å². The zero-order valence-electron chi connectivity index (χ0n) is 16.3. The van der Waals surface area contributed by atoms with Gasteiger partial charge in [0.15, 0.2) is 0 Å². The van der Waals surface area contributed by atoms with E-state index in [4.69, 9.17) is 16.7 Å². The zero-order valence-corrected chi connectivity index (χ0v) is 17.9. The van der Waals surface area contributed by atoms with E-state index in [9.17, 15) is 4.79 Å². The summed E-state index contributed by atoms with van der Waals surface area (Å²) >= 11 is 7.56. The molecule has 2 fully saturated rings. The molecule has 156 valence electrons. The lowest BCUT2D eigenvalue weighted by Gasteiger charge is -2.27. The first-order chi connectivity index (χ1) is 14.2. The van der Waals surface area contributed by atoms with Crippen LogP contribution in [0.1, 0.15) is 55.4 Å². The van der Waals surface area contributed by atoms with Gasteiger partial charge in [-0.25, -0.2) is 9.67 Å². The Kier molecular flexibility index (Phi) is 6.72. The second kappa shape index (κ2) is 9.45. The van der Waals surface area contributed by atoms with E-state index in [1.807, 2.05) is 21.8 Å². The number of hydrogen-bond acceptors (Lipinski definition) is 6. The number of aromatic nitrogens is 4. The van der Waals surface area contributed by atoms with Crippen LogP contribution in [0.3, 0.4) is 0 Å². The number of aliphatic hydroxyl groups is 1. The van der Waals surface area contributed by atoms with Gasteiger partial charge in [0.1, 0.15) is 5.15 Å². The lowest BCUT2D eigenvalue weighted by molar-refractivity contribution is -0.136. The molecule has 0 spiro atoms. The second-order valence-corrected chi connectivity index (χ2v) is 9.23. The number of aliphatic hydroxyl groups excluding tert-OH is 1. The van der Waals surface area contributed by atoms with Crippen molar-refractivity contribution in [2.45, 2.75) is 49.9 Å². The zero-order chi connectivity index (χ0) is 20.2. The molecular weight excluding hydrogens is 410 g/mol. The van der Waals surface area contributed by atoms with E-state index in [1.165, 1.54) is 0 Å². The van der Waals surface area contributed by atoms with Gasteiger partial charge in [0.2, 0.25) is 5.91 Å². The van der Waals surface area contributed by atoms with Crippen molar-refractivity contribution in [3.05, 3.63) is 40.9 Å². The summed E-state index contributed by atoms with van der Waals surface area (Å²) in [5.41, 5.74) is 1.99. The summed E-state index contributed by atoms with van der Waals surface area (Å²) < 4.78 is 1.92. The second-order valence-electron chi connectivity index (χ2n) is 7.73. The maximum Gasteiger partial charge on any atom is 0.226 e. The van der Waals surface area contributed by atoms with Gasteiger partial charge in [-0.15, -0.1) is 5.10 Å². The summed E-state index contributed by atoms with van der Waals surface area (Å²) in [6.07, 6.45) is 8.43. The van der Waals surface area contributed by atoms with Crippen LogP contribution >= 0.6 is 23.4 Å². The quantitative estimate of drug-likeness (QED) is 0.530. The first kappa shape index (κ1) is 20.6. The highest BCUT2D eigenvalue weighted by Crippen LogP contribution is 2.39. The molecule has 9 heteroatoms. The third-order valence-corrected chi connectivity index (χ3v) is 7.04. The predicted octanol–water partition coefficient (Wildman–Crippen LogP) is 3.26. The van der Waals surface area contributed by atoms with Gasteiger partial charge in [-0.05, 0) is 43.7 Å². The maximum atomic E-state index is 13.3. The van der Waals surface area contributed by atoms with E-state index in [0.29, 0.717) is 10.9 Å². The number of hydrogen-bond donors (Lipinski definition) is 1. The van der Waals surface area contributed by atoms with Crippen LogP contribution in [0, 0.1) is 5.92 Å². The fourth-order valence-electron chi connectivity index (χ4n) is 4.42. The fourth-order valence-corrected chi connectivity index (χ4v) is 5.14. The van der Waals surface area contributed by atoms with E-state index >= 15 is 0 Å². The summed E-state index contributed by atoms with van der Waals surface area (Å²) in [5.74, 6) is 1.74. The van der Waals surface area contributed by atoms with Crippen LogP contribution < -0.4 is 0 Å². The molecule has 1 saturated carbocycles. The first-order valence-corrected chi connectivity index (χ1v) is 11.7. The molecule has 2 aromatic rings. The van der Waals surface area contributed by atoms with Crippen molar-refractivity contribution in [3.8, 4) is 0 Å². The van der Waals surface area contributed by atoms with Crippen LogP contribution in [0.2, 0.25) is 5.15 Å². The number of rotatable bonds is 7. The average Bonchev–Trinajstić information content (AvgIpc) is 3.48. The minimum atomic E-state index is 0.0391. The molecule has 2 aliphatic rings. The van der Waals surface area contributed by atoms with Crippen LogP contribution in [0.4, 0.5) is 0 Å². The van der Waals surface area contributed by atoms with E-state index in [0.717, 1.165) is 55.7 Å². The number of pyridine rings is 1. The Hall–Kier alpha value is -1.64. The number of carbonyl (C=O) groups excluding carboxylic acids is 1. The van der Waals surface area contributed by atoms with Crippen molar-refractivity contribution in [2.75, 3.05) is 18.9 Å². The Morgan fingerprint density at radius 1 is 1.31 bits per heavy atom. The molecule has 0 aromatic carbocycles. The lowest BCUT2D eigenvalue weighted by Crippen LogP contribution is -2.35. The van der Waals surface area contributed by atoms with Gasteiger partial charge in [-0.2, -0.15) is 11.8 Å². The topological polar surface area (TPSA) is 84.1 Å². The highest BCUT2D eigenvalue weighted by molar-refractivity contribution is 7.98. The number of likely N-dealkylation sites (tertiary alicyclic amines) is 1. The van der Waals surface area contributed by atoms with Gasteiger partial charge in [0.25, 0.3) is 0 Å². The Morgan fingerprint density at radius 3 is 3.00 bits per heavy atom. The van der Waals surface area contributed by atoms with Crippen molar-refractivity contribution < 1.29 is 9.90 Å². The minimum Gasteiger partial charge on any atom is -0.396 e. The van der Waals surface area contributed by atoms with Gasteiger partial charge in [-0.1, -0.05) is 22.9 Å². The molecule has 29 heavy (non-hydrogen) atoms. The maximum absolute atomic E-state index is 13.3. The molecule has 3 atom stereocenters. The Balaban J connectivity index is 1.37. The van der Waals surface area contributed by atoms with Gasteiger partial charge < -0.3 is 10.0 Å². The molecule has 0 radical (unpaired) electrons. The summed E-state index contributed by atoms with van der Waals surface area (Å²) in [4.78, 5) is 19.5. The smallest absolute Gasteiger partial charge is 0.226 e. The van der Waals surface area contributed by atoms with Crippen LogP contribution in [-0.2, 0) is 10.5 Å². The Labute approximate surface area is 179 Å². The highest BCUT2D eigenvalue weighted by atomic mass is 35.5. The number of nitrogens with zero attached hydrogens (tertiary/aromatic N) is 5. The molecule has 1 N–H and O–H groups in total. The van der Waals surface area contributed by atoms with Gasteiger partial charge in [0, 0.05) is 36.4 Å². The SMILES string of the molecule is O=C(C1CCC(n2cc(CSCCO)nn2)C1)N1CCCC1c1ccc(Cl)nc1. The molecule has 0 bridgehead atoms. The summed E-state index contributed by atoms with van der Waals surface area (Å²) in [5, 5.41) is 17.9. The molecule has 4 rings (SSSR count). The summed E-state index contributed by atoms with van der Waals surface area (Å²) in [7, 11) is 0. The van der Waals surface area contributed by atoms with E-state index < -0.39 is 0 Å². The van der Waals surface area contributed by atoms with Crippen LogP contribution in [0.5, 0.6) is 0 Å². The largest absolute Gasteiger partial charge is 0.396 e. The van der Waals surface area contributed by atoms with Crippen molar-refractivity contribution >= 4 is 29.3 Å². The van der Waals surface area contributed by atoms with Crippen LogP contribution in [0.25, 0.3) is 0 Å². The normalized spacial score (nSPS) is 24.3. The third kappa shape index (κ3) is 4.75.